The summed E-state index contributed by atoms with van der Waals surface area (Å²) in [6.45, 7) is 1.92. The number of hydrogen-bond donors (Lipinski definition) is 1. The highest BCUT2D eigenvalue weighted by Gasteiger charge is 2.13. The summed E-state index contributed by atoms with van der Waals surface area (Å²) in [6.07, 6.45) is 3.53. The number of nitrogens with zero attached hydrogens (tertiary/aromatic N) is 1. The first-order valence-electron chi connectivity index (χ1n) is 5.72. The quantitative estimate of drug-likeness (QED) is 0.765. The summed E-state index contributed by atoms with van der Waals surface area (Å²) in [5, 5.41) is 0. The predicted octanol–water partition coefficient (Wildman–Crippen LogP) is 0.539. The lowest BCUT2D eigenvalue weighted by Gasteiger charge is -2.01. The Balaban J connectivity index is 0. The Morgan fingerprint density at radius 2 is 1.15 bits per heavy atom. The Morgan fingerprint density at radius 3 is 1.20 bits per heavy atom. The Morgan fingerprint density at radius 1 is 0.800 bits per heavy atom. The van der Waals surface area contributed by atoms with Crippen molar-refractivity contribution in [3.8, 4) is 0 Å². The van der Waals surface area contributed by atoms with Gasteiger partial charge in [-0.05, 0) is 6.92 Å². The third-order valence-corrected chi connectivity index (χ3v) is 1.79. The molecule has 0 spiro atoms. The van der Waals surface area contributed by atoms with Crippen LogP contribution in [0.4, 0.5) is 0 Å². The van der Waals surface area contributed by atoms with E-state index >= 15 is 0 Å². The van der Waals surface area contributed by atoms with Crippen LogP contribution in [0.1, 0.15) is 5.82 Å². The molecule has 1 heterocycles. The molecule has 1 rings (SSSR count). The van der Waals surface area contributed by atoms with E-state index in [0.29, 0.717) is 0 Å². The highest BCUT2D eigenvalue weighted by Crippen LogP contribution is 1.81. The summed E-state index contributed by atoms with van der Waals surface area (Å²) in [5.41, 5.74) is 0. The minimum absolute atomic E-state index is 0.514. The van der Waals surface area contributed by atoms with Crippen molar-refractivity contribution in [1.82, 2.24) is 9.97 Å². The van der Waals surface area contributed by atoms with Gasteiger partial charge in [-0.3, -0.25) is 0 Å². The molecule has 20 heavy (non-hydrogen) atoms. The molecule has 0 fully saturated rings. The number of imidazole rings is 1. The van der Waals surface area contributed by atoms with Gasteiger partial charge in [0.15, 0.2) is 0 Å². The molecule has 0 aliphatic heterocycles. The highest BCUT2D eigenvalue weighted by atomic mass is 16.7. The van der Waals surface area contributed by atoms with Crippen LogP contribution >= 0.6 is 0 Å². The van der Waals surface area contributed by atoms with E-state index in [-0.39, 0.29) is 0 Å². The van der Waals surface area contributed by atoms with Crippen LogP contribution in [-0.2, 0) is 27.9 Å². The standard InChI is InChI=1S/C4H6N2.2C3H9BO3/c1-4-5-2-3-6-4;2*1-5-4(6-2)7-3/h2-3H,1H3,(H,5,6);2*1-3H3. The lowest BCUT2D eigenvalue weighted by atomic mass is 10.2. The molecule has 10 heteroatoms. The maximum atomic E-state index is 4.60. The van der Waals surface area contributed by atoms with Crippen LogP contribution in [0.2, 0.25) is 0 Å². The van der Waals surface area contributed by atoms with E-state index < -0.39 is 14.6 Å². The molecule has 0 saturated heterocycles. The van der Waals surface area contributed by atoms with Gasteiger partial charge in [0.1, 0.15) is 5.82 Å². The van der Waals surface area contributed by atoms with Gasteiger partial charge >= 0.3 is 14.6 Å². The first kappa shape index (κ1) is 21.4. The lowest BCUT2D eigenvalue weighted by molar-refractivity contribution is 0.163. The molecule has 0 aromatic carbocycles. The van der Waals surface area contributed by atoms with E-state index in [1.165, 1.54) is 42.7 Å². The molecular weight excluding hydrogens is 266 g/mol. The topological polar surface area (TPSA) is 84.1 Å². The average molecular weight is 290 g/mol. The fraction of sp³-hybridized carbons (Fsp3) is 0.700. The summed E-state index contributed by atoms with van der Waals surface area (Å²) >= 11 is 0. The van der Waals surface area contributed by atoms with Crippen molar-refractivity contribution in [3.05, 3.63) is 18.2 Å². The molecule has 0 bridgehead atoms. The fourth-order valence-corrected chi connectivity index (χ4v) is 0.922. The zero-order chi connectivity index (χ0) is 15.8. The largest absolute Gasteiger partial charge is 0.638 e. The Bertz CT molecular complexity index is 248. The van der Waals surface area contributed by atoms with Crippen molar-refractivity contribution in [1.29, 1.82) is 0 Å². The molecule has 8 nitrogen and oxygen atoms in total. The number of H-pyrrole nitrogens is 1. The average Bonchev–Trinajstić information content (AvgIpc) is 2.95. The van der Waals surface area contributed by atoms with Crippen LogP contribution in [0, 0.1) is 6.92 Å². The summed E-state index contributed by atoms with van der Waals surface area (Å²) in [7, 11) is 8.04. The Kier molecular flexibility index (Phi) is 17.3. The zero-order valence-corrected chi connectivity index (χ0v) is 13.2. The van der Waals surface area contributed by atoms with Crippen LogP contribution in [0.15, 0.2) is 12.4 Å². The molecule has 0 aliphatic rings. The van der Waals surface area contributed by atoms with E-state index in [1.54, 1.807) is 12.4 Å². The third kappa shape index (κ3) is 13.5. The van der Waals surface area contributed by atoms with Crippen molar-refractivity contribution >= 4 is 14.6 Å². The molecule has 0 amide bonds. The van der Waals surface area contributed by atoms with Crippen LogP contribution in [0.25, 0.3) is 0 Å². The highest BCUT2D eigenvalue weighted by molar-refractivity contribution is 6.36. The lowest BCUT2D eigenvalue weighted by Crippen LogP contribution is -2.21. The second-order valence-electron chi connectivity index (χ2n) is 3.17. The minimum Gasteiger partial charge on any atom is -0.389 e. The second-order valence-corrected chi connectivity index (χ2v) is 3.17. The van der Waals surface area contributed by atoms with Gasteiger partial charge in [0.05, 0.1) is 0 Å². The molecule has 0 saturated carbocycles. The molecular formula is C10H24B2N2O6. The van der Waals surface area contributed by atoms with Crippen molar-refractivity contribution in [2.24, 2.45) is 0 Å². The van der Waals surface area contributed by atoms with Gasteiger partial charge in [0, 0.05) is 55.1 Å². The van der Waals surface area contributed by atoms with Crippen molar-refractivity contribution in [2.45, 2.75) is 6.92 Å². The minimum atomic E-state index is -0.514. The zero-order valence-electron chi connectivity index (χ0n) is 13.2. The number of hydrogen-bond acceptors (Lipinski definition) is 7. The predicted molar refractivity (Wildman–Crippen MR) is 76.9 cm³/mol. The molecule has 1 aromatic rings. The number of rotatable bonds is 6. The smallest absolute Gasteiger partial charge is 0.389 e. The van der Waals surface area contributed by atoms with Crippen molar-refractivity contribution < 1.29 is 27.9 Å². The molecule has 1 N–H and O–H groups in total. The van der Waals surface area contributed by atoms with Crippen LogP contribution in [0.3, 0.4) is 0 Å². The van der Waals surface area contributed by atoms with E-state index in [4.69, 9.17) is 0 Å². The molecule has 0 radical (unpaired) electrons. The van der Waals surface area contributed by atoms with Gasteiger partial charge in [-0.15, -0.1) is 0 Å². The Labute approximate surface area is 121 Å². The summed E-state index contributed by atoms with van der Waals surface area (Å²) in [4.78, 5) is 6.75. The summed E-state index contributed by atoms with van der Waals surface area (Å²) in [5.74, 6) is 0.968. The van der Waals surface area contributed by atoms with E-state index in [1.807, 2.05) is 6.92 Å². The van der Waals surface area contributed by atoms with Gasteiger partial charge in [0.25, 0.3) is 0 Å². The number of aryl methyl sites for hydroxylation is 1. The SMILES string of the molecule is COB(OC)OC.COB(OC)OC.Cc1ncc[nH]1. The fourth-order valence-electron chi connectivity index (χ4n) is 0.922. The first-order valence-corrected chi connectivity index (χ1v) is 5.72. The molecule has 0 aliphatic carbocycles. The van der Waals surface area contributed by atoms with Gasteiger partial charge < -0.3 is 32.9 Å². The molecule has 116 valence electrons. The van der Waals surface area contributed by atoms with Crippen molar-refractivity contribution in [2.75, 3.05) is 42.7 Å². The maximum Gasteiger partial charge on any atom is 0.638 e. The number of nitrogens with one attached hydrogen (secondary N) is 1. The van der Waals surface area contributed by atoms with Crippen molar-refractivity contribution in [3.63, 3.8) is 0 Å². The molecule has 1 aromatic heterocycles. The van der Waals surface area contributed by atoms with Gasteiger partial charge in [0.2, 0.25) is 0 Å². The summed E-state index contributed by atoms with van der Waals surface area (Å²) in [6, 6.07) is 0. The number of aromatic amines is 1. The number of aromatic nitrogens is 2. The van der Waals surface area contributed by atoms with E-state index in [9.17, 15) is 0 Å². The molecule has 0 atom stereocenters. The second kappa shape index (κ2) is 16.2. The van der Waals surface area contributed by atoms with Gasteiger partial charge in [-0.1, -0.05) is 0 Å². The monoisotopic (exact) mass is 290 g/mol. The maximum absolute atomic E-state index is 4.60. The molecule has 0 unspecified atom stereocenters. The summed E-state index contributed by atoms with van der Waals surface area (Å²) < 4.78 is 27.6. The van der Waals surface area contributed by atoms with Gasteiger partial charge in [-0.2, -0.15) is 0 Å². The van der Waals surface area contributed by atoms with Crippen LogP contribution < -0.4 is 0 Å². The van der Waals surface area contributed by atoms with E-state index in [2.05, 4.69) is 37.9 Å². The van der Waals surface area contributed by atoms with Gasteiger partial charge in [-0.25, -0.2) is 4.98 Å². The van der Waals surface area contributed by atoms with Crippen LogP contribution in [-0.4, -0.2) is 67.3 Å². The normalized spacial score (nSPS) is 8.95. The van der Waals surface area contributed by atoms with Crippen LogP contribution in [0.5, 0.6) is 0 Å². The first-order chi connectivity index (χ1) is 9.59. The van der Waals surface area contributed by atoms with E-state index in [0.717, 1.165) is 5.82 Å². The third-order valence-electron chi connectivity index (χ3n) is 1.79. The Hall–Kier alpha value is -0.900.